The van der Waals surface area contributed by atoms with E-state index in [4.69, 9.17) is 9.47 Å². The molecule has 3 rings (SSSR count). The van der Waals surface area contributed by atoms with Crippen molar-refractivity contribution < 1.29 is 14.3 Å². The molecule has 8 heteroatoms. The van der Waals surface area contributed by atoms with E-state index < -0.39 is 0 Å². The van der Waals surface area contributed by atoms with Gasteiger partial charge in [0.05, 0.1) is 37.1 Å². The average Bonchev–Trinajstić information content (AvgIpc) is 3.04. The van der Waals surface area contributed by atoms with Crippen molar-refractivity contribution >= 4 is 33.2 Å². The van der Waals surface area contributed by atoms with Crippen molar-refractivity contribution in [1.82, 2.24) is 9.78 Å². The number of ether oxygens (including phenoxy) is 2. The normalized spacial score (nSPS) is 10.4. The summed E-state index contributed by atoms with van der Waals surface area (Å²) in [6.07, 6.45) is 1.72. The van der Waals surface area contributed by atoms with Crippen molar-refractivity contribution in [3.63, 3.8) is 0 Å². The Morgan fingerprint density at radius 3 is 2.64 bits per heavy atom. The molecule has 146 valence electrons. The number of carbonyl (C=O) groups is 1. The van der Waals surface area contributed by atoms with E-state index in [0.717, 1.165) is 27.2 Å². The van der Waals surface area contributed by atoms with Gasteiger partial charge in [-0.25, -0.2) is 0 Å². The Labute approximate surface area is 171 Å². The van der Waals surface area contributed by atoms with Crippen LogP contribution >= 0.6 is 15.9 Å². The number of aromatic nitrogens is 2. The molecular formula is C20H21BrN4O3. The fourth-order valence-corrected chi connectivity index (χ4v) is 3.37. The second kappa shape index (κ2) is 8.79. The Hall–Kier alpha value is -3.00. The van der Waals surface area contributed by atoms with E-state index in [-0.39, 0.29) is 12.5 Å². The Morgan fingerprint density at radius 2 is 1.96 bits per heavy atom. The number of aryl methyl sites for hydroxylation is 1. The van der Waals surface area contributed by atoms with Gasteiger partial charge < -0.3 is 20.1 Å². The van der Waals surface area contributed by atoms with E-state index >= 15 is 0 Å². The SMILES string of the molecule is COc1cccc(NCC(=O)Nc2ccc(OC)c(-c3c(Br)cnn3C)c2)c1. The van der Waals surface area contributed by atoms with Gasteiger partial charge in [-0.2, -0.15) is 5.10 Å². The van der Waals surface area contributed by atoms with Gasteiger partial charge >= 0.3 is 0 Å². The highest BCUT2D eigenvalue weighted by atomic mass is 79.9. The molecule has 3 aromatic rings. The second-order valence-corrected chi connectivity index (χ2v) is 6.87. The zero-order valence-corrected chi connectivity index (χ0v) is 17.4. The third-order valence-electron chi connectivity index (χ3n) is 4.16. The van der Waals surface area contributed by atoms with E-state index in [9.17, 15) is 4.79 Å². The molecule has 0 aliphatic rings. The summed E-state index contributed by atoms with van der Waals surface area (Å²) < 4.78 is 13.2. The minimum Gasteiger partial charge on any atom is -0.497 e. The molecule has 0 atom stereocenters. The highest BCUT2D eigenvalue weighted by Crippen LogP contribution is 2.36. The van der Waals surface area contributed by atoms with Gasteiger partial charge in [-0.1, -0.05) is 6.07 Å². The maximum Gasteiger partial charge on any atom is 0.243 e. The summed E-state index contributed by atoms with van der Waals surface area (Å²) in [5, 5.41) is 10.2. The summed E-state index contributed by atoms with van der Waals surface area (Å²) in [6, 6.07) is 12.9. The number of methoxy groups -OCH3 is 2. The number of nitrogens with zero attached hydrogens (tertiary/aromatic N) is 2. The number of nitrogens with one attached hydrogen (secondary N) is 2. The van der Waals surface area contributed by atoms with E-state index in [1.807, 2.05) is 43.4 Å². The summed E-state index contributed by atoms with van der Waals surface area (Å²) in [5.41, 5.74) is 3.17. The van der Waals surface area contributed by atoms with Gasteiger partial charge in [-0.3, -0.25) is 9.48 Å². The van der Waals surface area contributed by atoms with Gasteiger partial charge in [0.2, 0.25) is 5.91 Å². The molecular weight excluding hydrogens is 424 g/mol. The van der Waals surface area contributed by atoms with Crippen molar-refractivity contribution in [2.75, 3.05) is 31.4 Å². The van der Waals surface area contributed by atoms with Crippen molar-refractivity contribution in [1.29, 1.82) is 0 Å². The van der Waals surface area contributed by atoms with Crippen molar-refractivity contribution in [2.45, 2.75) is 0 Å². The monoisotopic (exact) mass is 444 g/mol. The Balaban J connectivity index is 1.73. The predicted octanol–water partition coefficient (Wildman–Crippen LogP) is 3.92. The highest BCUT2D eigenvalue weighted by Gasteiger charge is 2.15. The van der Waals surface area contributed by atoms with Crippen LogP contribution in [0.4, 0.5) is 11.4 Å². The summed E-state index contributed by atoms with van der Waals surface area (Å²) in [4.78, 5) is 12.4. The number of carbonyl (C=O) groups excluding carboxylic acids is 1. The fraction of sp³-hybridized carbons (Fsp3) is 0.200. The number of halogens is 1. The second-order valence-electron chi connectivity index (χ2n) is 6.01. The molecule has 28 heavy (non-hydrogen) atoms. The molecule has 0 spiro atoms. The molecule has 0 saturated heterocycles. The smallest absolute Gasteiger partial charge is 0.243 e. The van der Waals surface area contributed by atoms with E-state index in [0.29, 0.717) is 11.4 Å². The van der Waals surface area contributed by atoms with E-state index in [1.54, 1.807) is 31.2 Å². The molecule has 1 heterocycles. The molecule has 0 saturated carbocycles. The lowest BCUT2D eigenvalue weighted by molar-refractivity contribution is -0.114. The molecule has 7 nitrogen and oxygen atoms in total. The third kappa shape index (κ3) is 4.45. The lowest BCUT2D eigenvalue weighted by Gasteiger charge is -2.13. The van der Waals surface area contributed by atoms with E-state index in [1.165, 1.54) is 0 Å². The maximum atomic E-state index is 12.4. The zero-order chi connectivity index (χ0) is 20.1. The van der Waals surface area contributed by atoms with Crippen LogP contribution in [0, 0.1) is 0 Å². The highest BCUT2D eigenvalue weighted by molar-refractivity contribution is 9.10. The van der Waals surface area contributed by atoms with Gasteiger partial charge in [-0.05, 0) is 46.3 Å². The fourth-order valence-electron chi connectivity index (χ4n) is 2.81. The number of amides is 1. The number of hydrogen-bond acceptors (Lipinski definition) is 5. The van der Waals surface area contributed by atoms with Crippen LogP contribution in [0.25, 0.3) is 11.3 Å². The molecule has 1 amide bonds. The number of anilines is 2. The topological polar surface area (TPSA) is 77.4 Å². The van der Waals surface area contributed by atoms with Crippen molar-refractivity contribution in [2.24, 2.45) is 7.05 Å². The Kier molecular flexibility index (Phi) is 6.20. The van der Waals surface area contributed by atoms with Crippen LogP contribution in [-0.4, -0.2) is 36.5 Å². The van der Waals surface area contributed by atoms with Gasteiger partial charge in [0.1, 0.15) is 11.5 Å². The summed E-state index contributed by atoms with van der Waals surface area (Å²) in [6.45, 7) is 0.129. The first kappa shape index (κ1) is 19.8. The summed E-state index contributed by atoms with van der Waals surface area (Å²) >= 11 is 3.51. The summed E-state index contributed by atoms with van der Waals surface area (Å²) in [7, 11) is 5.07. The molecule has 2 aromatic carbocycles. The van der Waals surface area contributed by atoms with Crippen LogP contribution in [0.5, 0.6) is 11.5 Å². The summed E-state index contributed by atoms with van der Waals surface area (Å²) in [5.74, 6) is 1.26. The predicted molar refractivity (Wildman–Crippen MR) is 113 cm³/mol. The van der Waals surface area contributed by atoms with Crippen molar-refractivity contribution in [3.05, 3.63) is 53.1 Å². The average molecular weight is 445 g/mol. The van der Waals surface area contributed by atoms with Crippen LogP contribution in [0.3, 0.4) is 0 Å². The van der Waals surface area contributed by atoms with Crippen LogP contribution in [-0.2, 0) is 11.8 Å². The van der Waals surface area contributed by atoms with Gasteiger partial charge in [0, 0.05) is 30.1 Å². The number of benzene rings is 2. The minimum atomic E-state index is -0.164. The first-order valence-electron chi connectivity index (χ1n) is 8.55. The minimum absolute atomic E-state index is 0.129. The van der Waals surface area contributed by atoms with Gasteiger partial charge in [-0.15, -0.1) is 0 Å². The zero-order valence-electron chi connectivity index (χ0n) is 15.8. The number of hydrogen-bond donors (Lipinski definition) is 2. The largest absolute Gasteiger partial charge is 0.497 e. The van der Waals surface area contributed by atoms with Crippen LogP contribution in [0.1, 0.15) is 0 Å². The molecule has 0 fully saturated rings. The lowest BCUT2D eigenvalue weighted by Crippen LogP contribution is -2.21. The third-order valence-corrected chi connectivity index (χ3v) is 4.74. The molecule has 0 unspecified atom stereocenters. The lowest BCUT2D eigenvalue weighted by atomic mass is 10.1. The van der Waals surface area contributed by atoms with Crippen LogP contribution in [0.15, 0.2) is 53.1 Å². The Morgan fingerprint density at radius 1 is 1.14 bits per heavy atom. The van der Waals surface area contributed by atoms with Crippen molar-refractivity contribution in [3.8, 4) is 22.8 Å². The maximum absolute atomic E-state index is 12.4. The van der Waals surface area contributed by atoms with Crippen LogP contribution in [0.2, 0.25) is 0 Å². The molecule has 0 aliphatic carbocycles. The molecule has 2 N–H and O–H groups in total. The first-order valence-corrected chi connectivity index (χ1v) is 9.35. The van der Waals surface area contributed by atoms with Crippen LogP contribution < -0.4 is 20.1 Å². The number of rotatable bonds is 7. The van der Waals surface area contributed by atoms with E-state index in [2.05, 4.69) is 31.7 Å². The molecule has 1 aromatic heterocycles. The molecule has 0 radical (unpaired) electrons. The first-order chi connectivity index (χ1) is 13.5. The van der Waals surface area contributed by atoms with Gasteiger partial charge in [0.15, 0.2) is 0 Å². The Bertz CT molecular complexity index is 968. The van der Waals surface area contributed by atoms with Gasteiger partial charge in [0.25, 0.3) is 0 Å². The molecule has 0 aliphatic heterocycles. The standard InChI is InChI=1S/C20H21BrN4O3/c1-25-20(17(21)11-23-25)16-10-14(7-8-18(16)28-3)24-19(26)12-22-13-5-4-6-15(9-13)27-2/h4-11,22H,12H2,1-3H3,(H,24,26). The quantitative estimate of drug-likeness (QED) is 0.577. The molecule has 0 bridgehead atoms.